The third-order valence-electron chi connectivity index (χ3n) is 2.01. The second kappa shape index (κ2) is 8.03. The minimum atomic E-state index is -0.979. The van der Waals surface area contributed by atoms with E-state index in [4.69, 9.17) is 9.84 Å². The van der Waals surface area contributed by atoms with Gasteiger partial charge in [0.05, 0.1) is 19.4 Å². The summed E-state index contributed by atoms with van der Waals surface area (Å²) in [6, 6.07) is 0. The van der Waals surface area contributed by atoms with Gasteiger partial charge in [0.1, 0.15) is 0 Å². The summed E-state index contributed by atoms with van der Waals surface area (Å²) >= 11 is 0. The van der Waals surface area contributed by atoms with Crippen molar-refractivity contribution < 1.29 is 19.4 Å². The zero-order chi connectivity index (χ0) is 11.7. The number of hydrogen-bond acceptors (Lipinski definition) is 3. The quantitative estimate of drug-likeness (QED) is 0.381. The first-order valence-electron chi connectivity index (χ1n) is 5.06. The first-order chi connectivity index (χ1) is 7.06. The molecule has 15 heavy (non-hydrogen) atoms. The normalized spacial score (nSPS) is 11.8. The van der Waals surface area contributed by atoms with E-state index in [-0.39, 0.29) is 12.8 Å². The molecule has 0 aromatic heterocycles. The summed E-state index contributed by atoms with van der Waals surface area (Å²) in [4.78, 5) is 21.1. The van der Waals surface area contributed by atoms with Crippen molar-refractivity contribution in [2.45, 2.75) is 32.6 Å². The van der Waals surface area contributed by atoms with Crippen LogP contribution in [0.4, 0.5) is 0 Å². The van der Waals surface area contributed by atoms with Gasteiger partial charge in [-0.25, -0.2) is 0 Å². The molecule has 1 unspecified atom stereocenters. The minimum absolute atomic E-state index is 0.0493. The number of allylic oxidation sites excluding steroid dienone is 1. The molecule has 0 aromatic rings. The Kier molecular flexibility index (Phi) is 7.32. The third-order valence-corrected chi connectivity index (χ3v) is 2.01. The molecule has 0 fully saturated rings. The Morgan fingerprint density at radius 2 is 2.13 bits per heavy atom. The fourth-order valence-corrected chi connectivity index (χ4v) is 0.990. The summed E-state index contributed by atoms with van der Waals surface area (Å²) in [6.45, 7) is 6.05. The van der Waals surface area contributed by atoms with E-state index in [1.807, 2.05) is 13.0 Å². The maximum atomic E-state index is 11.0. The van der Waals surface area contributed by atoms with E-state index in [1.54, 1.807) is 0 Å². The molecule has 86 valence electrons. The van der Waals surface area contributed by atoms with Crippen LogP contribution in [0.5, 0.6) is 0 Å². The number of hydrogen-bond donors (Lipinski definition) is 1. The molecule has 4 nitrogen and oxygen atoms in total. The Morgan fingerprint density at radius 1 is 1.47 bits per heavy atom. The van der Waals surface area contributed by atoms with Crippen molar-refractivity contribution >= 4 is 11.9 Å². The minimum Gasteiger partial charge on any atom is -0.481 e. The molecule has 0 amide bonds. The topological polar surface area (TPSA) is 63.6 Å². The van der Waals surface area contributed by atoms with E-state index in [2.05, 4.69) is 6.58 Å². The predicted molar refractivity (Wildman–Crippen MR) is 56.4 cm³/mol. The zero-order valence-corrected chi connectivity index (χ0v) is 9.07. The second-order valence-electron chi connectivity index (χ2n) is 3.47. The first kappa shape index (κ1) is 13.7. The van der Waals surface area contributed by atoms with Crippen LogP contribution in [0.25, 0.3) is 0 Å². The number of rotatable bonds is 8. The number of carbonyl (C=O) groups is 2. The summed E-state index contributed by atoms with van der Waals surface area (Å²) in [5.74, 6) is -1.00. The Morgan fingerprint density at radius 3 is 2.67 bits per heavy atom. The highest BCUT2D eigenvalue weighted by atomic mass is 16.5. The lowest BCUT2D eigenvalue weighted by atomic mass is 10.1. The van der Waals surface area contributed by atoms with E-state index in [0.717, 1.165) is 12.8 Å². The molecular weight excluding hydrogens is 196 g/mol. The average Bonchev–Trinajstić information content (AvgIpc) is 2.21. The van der Waals surface area contributed by atoms with Crippen LogP contribution >= 0.6 is 0 Å². The molecule has 0 aliphatic rings. The van der Waals surface area contributed by atoms with Crippen molar-refractivity contribution in [3.8, 4) is 0 Å². The van der Waals surface area contributed by atoms with Crippen molar-refractivity contribution in [1.29, 1.82) is 0 Å². The van der Waals surface area contributed by atoms with Gasteiger partial charge < -0.3 is 9.84 Å². The second-order valence-corrected chi connectivity index (χ2v) is 3.47. The van der Waals surface area contributed by atoms with Crippen molar-refractivity contribution in [2.24, 2.45) is 5.92 Å². The summed E-state index contributed by atoms with van der Waals surface area (Å²) in [5.41, 5.74) is 0. The van der Waals surface area contributed by atoms with Gasteiger partial charge in [-0.1, -0.05) is 13.0 Å². The van der Waals surface area contributed by atoms with Crippen LogP contribution in [-0.2, 0) is 14.3 Å². The maximum absolute atomic E-state index is 11.0. The molecule has 0 saturated carbocycles. The van der Waals surface area contributed by atoms with Crippen LogP contribution < -0.4 is 0 Å². The monoisotopic (exact) mass is 214 g/mol. The van der Waals surface area contributed by atoms with Gasteiger partial charge in [-0.05, 0) is 18.8 Å². The lowest BCUT2D eigenvalue weighted by Crippen LogP contribution is -2.08. The number of ether oxygens (including phenoxy) is 1. The Bertz CT molecular complexity index is 223. The SMILES string of the molecule is C=CC(C)CCCOC(=O)CCC(=O)O. The van der Waals surface area contributed by atoms with Crippen LogP contribution in [-0.4, -0.2) is 23.7 Å². The Hall–Kier alpha value is -1.32. The number of carboxylic acid groups (broad SMARTS) is 1. The standard InChI is InChI=1S/C11H18O4/c1-3-9(2)5-4-8-15-11(14)7-6-10(12)13/h3,9H,1,4-8H2,2H3,(H,12,13). The molecule has 0 heterocycles. The van der Waals surface area contributed by atoms with Gasteiger partial charge in [-0.3, -0.25) is 9.59 Å². The van der Waals surface area contributed by atoms with Gasteiger partial charge in [0, 0.05) is 0 Å². The average molecular weight is 214 g/mol. The number of carboxylic acids is 1. The molecule has 0 radical (unpaired) electrons. The van der Waals surface area contributed by atoms with Gasteiger partial charge in [0.2, 0.25) is 0 Å². The maximum Gasteiger partial charge on any atom is 0.306 e. The van der Waals surface area contributed by atoms with Gasteiger partial charge in [0.25, 0.3) is 0 Å². The molecular formula is C11H18O4. The van der Waals surface area contributed by atoms with E-state index in [1.165, 1.54) is 0 Å². The van der Waals surface area contributed by atoms with Crippen LogP contribution in [0.1, 0.15) is 32.6 Å². The predicted octanol–water partition coefficient (Wildman–Crippen LogP) is 2.00. The number of esters is 1. The summed E-state index contributed by atoms with van der Waals surface area (Å²) in [7, 11) is 0. The van der Waals surface area contributed by atoms with E-state index >= 15 is 0 Å². The Labute approximate surface area is 89.9 Å². The number of aliphatic carboxylic acids is 1. The van der Waals surface area contributed by atoms with Crippen LogP contribution in [0.2, 0.25) is 0 Å². The van der Waals surface area contributed by atoms with Crippen molar-refractivity contribution in [2.75, 3.05) is 6.61 Å². The smallest absolute Gasteiger partial charge is 0.306 e. The van der Waals surface area contributed by atoms with Crippen molar-refractivity contribution in [3.05, 3.63) is 12.7 Å². The third kappa shape index (κ3) is 9.00. The zero-order valence-electron chi connectivity index (χ0n) is 9.07. The first-order valence-corrected chi connectivity index (χ1v) is 5.06. The van der Waals surface area contributed by atoms with Crippen LogP contribution in [0.15, 0.2) is 12.7 Å². The van der Waals surface area contributed by atoms with Gasteiger partial charge >= 0.3 is 11.9 Å². The van der Waals surface area contributed by atoms with Gasteiger partial charge in [-0.2, -0.15) is 0 Å². The highest BCUT2D eigenvalue weighted by molar-refractivity contribution is 5.76. The molecule has 0 rings (SSSR count). The summed E-state index contributed by atoms with van der Waals surface area (Å²) in [5, 5.41) is 8.32. The molecule has 0 aliphatic heterocycles. The molecule has 1 atom stereocenters. The molecule has 0 spiro atoms. The summed E-state index contributed by atoms with van der Waals surface area (Å²) < 4.78 is 4.85. The lowest BCUT2D eigenvalue weighted by molar-refractivity contribution is -0.147. The Balaban J connectivity index is 3.39. The lowest BCUT2D eigenvalue weighted by Gasteiger charge is -2.06. The molecule has 0 aromatic carbocycles. The van der Waals surface area contributed by atoms with E-state index in [0.29, 0.717) is 12.5 Å². The van der Waals surface area contributed by atoms with E-state index < -0.39 is 11.9 Å². The van der Waals surface area contributed by atoms with E-state index in [9.17, 15) is 9.59 Å². The van der Waals surface area contributed by atoms with Crippen molar-refractivity contribution in [3.63, 3.8) is 0 Å². The van der Waals surface area contributed by atoms with Crippen LogP contribution in [0, 0.1) is 5.92 Å². The summed E-state index contributed by atoms with van der Waals surface area (Å²) in [6.07, 6.45) is 3.35. The van der Waals surface area contributed by atoms with Crippen LogP contribution in [0.3, 0.4) is 0 Å². The number of carbonyl (C=O) groups excluding carboxylic acids is 1. The molecule has 4 heteroatoms. The highest BCUT2D eigenvalue weighted by Crippen LogP contribution is 2.06. The molecule has 0 aliphatic carbocycles. The molecule has 0 saturated heterocycles. The van der Waals surface area contributed by atoms with Gasteiger partial charge in [0.15, 0.2) is 0 Å². The highest BCUT2D eigenvalue weighted by Gasteiger charge is 2.06. The molecule has 0 bridgehead atoms. The van der Waals surface area contributed by atoms with Crippen molar-refractivity contribution in [1.82, 2.24) is 0 Å². The largest absolute Gasteiger partial charge is 0.481 e. The fraction of sp³-hybridized carbons (Fsp3) is 0.636. The fourth-order valence-electron chi connectivity index (χ4n) is 0.990. The molecule has 1 N–H and O–H groups in total. The van der Waals surface area contributed by atoms with Gasteiger partial charge in [-0.15, -0.1) is 6.58 Å².